The Morgan fingerprint density at radius 3 is 2.77 bits per heavy atom. The van der Waals surface area contributed by atoms with Crippen molar-refractivity contribution in [2.45, 2.75) is 38.5 Å². The van der Waals surface area contributed by atoms with Crippen LogP contribution in [0.15, 0.2) is 23.9 Å². The summed E-state index contributed by atoms with van der Waals surface area (Å²) in [6.07, 6.45) is 12.4. The van der Waals surface area contributed by atoms with Crippen LogP contribution >= 0.6 is 21.6 Å². The van der Waals surface area contributed by atoms with Gasteiger partial charge in [0, 0.05) is 44.5 Å². The number of allylic oxidation sites excluding steroid dienone is 2. The molecule has 2 heterocycles. The summed E-state index contributed by atoms with van der Waals surface area (Å²) in [6, 6.07) is 0. The Morgan fingerprint density at radius 1 is 1.18 bits per heavy atom. The molecule has 4 nitrogen and oxygen atoms in total. The predicted octanol–water partition coefficient (Wildman–Crippen LogP) is 4.35. The van der Waals surface area contributed by atoms with E-state index in [9.17, 15) is 9.81 Å². The molecule has 0 amide bonds. The van der Waals surface area contributed by atoms with E-state index in [4.69, 9.17) is 0 Å². The van der Waals surface area contributed by atoms with Crippen LogP contribution in [0.5, 0.6) is 0 Å². The number of nitrogens with zero attached hydrogens (tertiary/aromatic N) is 2. The van der Waals surface area contributed by atoms with Crippen molar-refractivity contribution in [3.63, 3.8) is 0 Å². The topological polar surface area (TPSA) is 40.2 Å². The third-order valence-corrected chi connectivity index (χ3v) is 6.65. The number of hydrogen-bond donors (Lipinski definition) is 0. The van der Waals surface area contributed by atoms with Gasteiger partial charge in [-0.05, 0) is 42.4 Å². The van der Waals surface area contributed by atoms with E-state index >= 15 is 0 Å². The summed E-state index contributed by atoms with van der Waals surface area (Å²) in [7, 11) is 3.89. The molecule has 2 rings (SSSR count). The Hall–Kier alpha value is -0.620. The zero-order valence-corrected chi connectivity index (χ0v) is 14.7. The van der Waals surface area contributed by atoms with Gasteiger partial charge in [0.2, 0.25) is 12.7 Å². The van der Waals surface area contributed by atoms with E-state index < -0.39 is 0 Å². The van der Waals surface area contributed by atoms with Crippen LogP contribution in [0.1, 0.15) is 38.5 Å². The summed E-state index contributed by atoms with van der Waals surface area (Å²) in [5.41, 5.74) is 1.24. The van der Waals surface area contributed by atoms with Crippen molar-refractivity contribution < 1.29 is 9.52 Å². The quantitative estimate of drug-likeness (QED) is 0.355. The van der Waals surface area contributed by atoms with Crippen LogP contribution in [0.25, 0.3) is 0 Å². The zero-order valence-electron chi connectivity index (χ0n) is 13.1. The normalized spacial score (nSPS) is 22.0. The van der Waals surface area contributed by atoms with Gasteiger partial charge in [0.05, 0.1) is 0 Å². The van der Waals surface area contributed by atoms with E-state index in [-0.39, 0.29) is 0 Å². The maximum atomic E-state index is 11.3. The second kappa shape index (κ2) is 10.2. The average Bonchev–Trinajstić information content (AvgIpc) is 2.50. The molecule has 0 aliphatic carbocycles. The minimum Gasteiger partial charge on any atom is -0.0942 e. The van der Waals surface area contributed by atoms with Gasteiger partial charge in [-0.2, -0.15) is 0 Å². The lowest BCUT2D eigenvalue weighted by Crippen LogP contribution is -2.25. The Morgan fingerprint density at radius 2 is 2.00 bits per heavy atom. The van der Waals surface area contributed by atoms with Gasteiger partial charge < -0.3 is 0 Å². The highest BCUT2D eigenvalue weighted by Crippen LogP contribution is 2.26. The monoisotopic (exact) mass is 342 g/mol. The van der Waals surface area contributed by atoms with Gasteiger partial charge in [0.15, 0.2) is 13.1 Å². The van der Waals surface area contributed by atoms with Crippen LogP contribution in [0, 0.1) is 15.7 Å². The molecule has 0 aromatic heterocycles. The first-order valence-corrected chi connectivity index (χ1v) is 10.7. The van der Waals surface area contributed by atoms with Crippen molar-refractivity contribution >= 4 is 21.6 Å². The lowest BCUT2D eigenvalue weighted by molar-refractivity contribution is -0.565. The molecule has 0 radical (unpaired) electrons. The lowest BCUT2D eigenvalue weighted by Gasteiger charge is -2.15. The summed E-state index contributed by atoms with van der Waals surface area (Å²) in [5, 5.41) is 0. The molecule has 0 aromatic carbocycles. The Bertz CT molecular complexity index is 449. The Balaban J connectivity index is 1.41. The summed E-state index contributed by atoms with van der Waals surface area (Å²) >= 11 is 0. The molecule has 1 atom stereocenters. The third-order valence-electron chi connectivity index (χ3n) is 4.07. The average molecular weight is 343 g/mol. The molecule has 6 heteroatoms. The second-order valence-corrected chi connectivity index (χ2v) is 8.73. The van der Waals surface area contributed by atoms with Gasteiger partial charge in [-0.1, -0.05) is 27.7 Å². The van der Waals surface area contributed by atoms with E-state index in [1.54, 1.807) is 6.20 Å². The summed E-state index contributed by atoms with van der Waals surface area (Å²) in [4.78, 5) is 22.5. The van der Waals surface area contributed by atoms with Gasteiger partial charge >= 0.3 is 0 Å². The molecule has 1 saturated heterocycles. The Kier molecular flexibility index (Phi) is 8.23. The molecule has 0 spiro atoms. The van der Waals surface area contributed by atoms with Crippen molar-refractivity contribution in [1.29, 1.82) is 0 Å². The molecule has 2 aliphatic heterocycles. The highest BCUT2D eigenvalue weighted by molar-refractivity contribution is 8.76. The van der Waals surface area contributed by atoms with E-state index in [0.717, 1.165) is 42.9 Å². The van der Waals surface area contributed by atoms with Crippen LogP contribution in [-0.2, 0) is 0 Å². The van der Waals surface area contributed by atoms with Crippen molar-refractivity contribution in [2.75, 3.05) is 31.1 Å². The van der Waals surface area contributed by atoms with Crippen LogP contribution in [0.2, 0.25) is 0 Å². The Labute approximate surface area is 140 Å². The van der Waals surface area contributed by atoms with Crippen LogP contribution in [0.3, 0.4) is 0 Å². The molecule has 22 heavy (non-hydrogen) atoms. The highest BCUT2D eigenvalue weighted by atomic mass is 33.1. The second-order valence-electron chi connectivity index (χ2n) is 6.03. The fraction of sp³-hybridized carbons (Fsp3) is 0.750. The van der Waals surface area contributed by atoms with Crippen molar-refractivity contribution in [1.82, 2.24) is 0 Å². The summed E-state index contributed by atoms with van der Waals surface area (Å²) < 4.78 is 2.22. The fourth-order valence-corrected chi connectivity index (χ4v) is 5.11. The first-order valence-electron chi connectivity index (χ1n) is 8.20. The molecule has 0 N–H and O–H groups in total. The number of nitroso groups, excluding NO2 is 2. The fourth-order valence-electron chi connectivity index (χ4n) is 2.91. The standard InChI is InChI=1S/C16H26N2O2S2/c19-17-9-1-5-15(13-17)7-3-11-21-22-12-4-8-16-6-2-10-18(20)14-16/h1,5,9,16H,2-4,6-8,10-14H2/q+2. The van der Waals surface area contributed by atoms with Crippen LogP contribution in [0.4, 0.5) is 0 Å². The molecule has 1 unspecified atom stereocenters. The number of rotatable bonds is 9. The molecule has 1 fully saturated rings. The molecular weight excluding hydrogens is 316 g/mol. The van der Waals surface area contributed by atoms with Gasteiger partial charge in [-0.25, -0.2) is 0 Å². The van der Waals surface area contributed by atoms with Gasteiger partial charge in [0.1, 0.15) is 0 Å². The molecule has 0 aromatic rings. The van der Waals surface area contributed by atoms with E-state index in [1.807, 2.05) is 27.7 Å². The van der Waals surface area contributed by atoms with E-state index in [2.05, 4.69) is 6.08 Å². The van der Waals surface area contributed by atoms with Crippen molar-refractivity contribution in [2.24, 2.45) is 5.92 Å². The van der Waals surface area contributed by atoms with Crippen molar-refractivity contribution in [3.8, 4) is 0 Å². The zero-order chi connectivity index (χ0) is 15.6. The number of piperidine rings is 1. The molecule has 2 aliphatic rings. The minimum absolute atomic E-state index is 0.534. The predicted molar refractivity (Wildman–Crippen MR) is 95.2 cm³/mol. The maximum absolute atomic E-state index is 11.3. The summed E-state index contributed by atoms with van der Waals surface area (Å²) in [5.74, 6) is 2.94. The van der Waals surface area contributed by atoms with Crippen molar-refractivity contribution in [3.05, 3.63) is 33.7 Å². The molecule has 122 valence electrons. The van der Waals surface area contributed by atoms with E-state index in [0.29, 0.717) is 12.5 Å². The summed E-state index contributed by atoms with van der Waals surface area (Å²) in [6.45, 7) is 2.02. The molecule has 0 bridgehead atoms. The van der Waals surface area contributed by atoms with Crippen LogP contribution < -0.4 is 0 Å². The number of hydrogen-bond acceptors (Lipinski definition) is 4. The SMILES string of the molecule is O=[N+]1C=CC=C(CCCSSCCCC2CCC[N+](=O)C2)C1. The molecular formula is C16H26N2O2S2+2. The van der Waals surface area contributed by atoms with E-state index in [1.165, 1.54) is 35.3 Å². The van der Waals surface area contributed by atoms with Gasteiger partial charge in [-0.15, -0.1) is 0 Å². The molecule has 0 saturated carbocycles. The van der Waals surface area contributed by atoms with Gasteiger partial charge in [-0.3, -0.25) is 0 Å². The smallest absolute Gasteiger partial charge is 0.0942 e. The van der Waals surface area contributed by atoms with Crippen LogP contribution in [-0.4, -0.2) is 40.7 Å². The van der Waals surface area contributed by atoms with Gasteiger partial charge in [0.25, 0.3) is 0 Å². The first-order chi connectivity index (χ1) is 10.7. The lowest BCUT2D eigenvalue weighted by atomic mass is 9.95. The minimum atomic E-state index is 0.534. The largest absolute Gasteiger partial charge is 0.221 e. The maximum Gasteiger partial charge on any atom is 0.221 e. The third kappa shape index (κ3) is 7.09. The highest BCUT2D eigenvalue weighted by Gasteiger charge is 2.24. The first kappa shape index (κ1) is 17.7.